The van der Waals surface area contributed by atoms with Crippen LogP contribution in [-0.2, 0) is 16.8 Å². The summed E-state index contributed by atoms with van der Waals surface area (Å²) in [6.45, 7) is 3.69. The largest absolute Gasteiger partial charge is 0.390 e. The second-order valence-corrected chi connectivity index (χ2v) is 10.6. The summed E-state index contributed by atoms with van der Waals surface area (Å²) in [5, 5.41) is 10.6. The molecule has 0 saturated heterocycles. The second-order valence-electron chi connectivity index (χ2n) is 10.6. The van der Waals surface area contributed by atoms with Crippen LogP contribution >= 0.6 is 0 Å². The van der Waals surface area contributed by atoms with E-state index in [4.69, 9.17) is 11.1 Å². The molecule has 3 atom stereocenters. The number of nitrogens with one attached hydrogen (secondary N) is 2. The molecule has 3 aliphatic rings. The van der Waals surface area contributed by atoms with E-state index in [1.54, 1.807) is 25.1 Å². The van der Waals surface area contributed by atoms with Crippen LogP contribution in [0, 0.1) is 17.2 Å². The molecule has 0 radical (unpaired) electrons. The van der Waals surface area contributed by atoms with Gasteiger partial charge in [0.1, 0.15) is 5.82 Å². The number of amides is 1. The van der Waals surface area contributed by atoms with E-state index in [1.165, 1.54) is 24.7 Å². The Kier molecular flexibility index (Phi) is 7.54. The Hall–Kier alpha value is -4.33. The zero-order valence-corrected chi connectivity index (χ0v) is 22.4. The number of nitrogens with two attached hydrogens (primary N) is 1. The van der Waals surface area contributed by atoms with Gasteiger partial charge in [-0.2, -0.15) is 0 Å². The standard InChI is InChI=1S/C22H23N5O.C9H12N2.H2/c1-14(23)19-3-2-4-20(25-19)26-21(28)16-7-8-17-11-22(17,10-16)27-12-18(24-13-27)9-15-5-6-15;1-8(11-7-10)9-5-3-2-4-6-9;/h2-4,7-8,10,12-13,15,17,23H,5-6,9,11H2,1H3,(H,25,26,28);2-8H,1H3,(H2,10,11);1H. The van der Waals surface area contributed by atoms with Gasteiger partial charge in [-0.25, -0.2) is 9.97 Å². The van der Waals surface area contributed by atoms with Gasteiger partial charge in [0.15, 0.2) is 0 Å². The number of carbonyl (C=O) groups excluding carboxylic acids is 1. The number of rotatable bonds is 8. The van der Waals surface area contributed by atoms with E-state index in [1.807, 2.05) is 49.7 Å². The minimum Gasteiger partial charge on any atom is -0.390 e. The molecule has 1 aromatic carbocycles. The van der Waals surface area contributed by atoms with Crippen LogP contribution in [0.3, 0.4) is 0 Å². The topological polar surface area (TPSA) is 122 Å². The fourth-order valence-electron chi connectivity index (χ4n) is 4.91. The highest BCUT2D eigenvalue weighted by molar-refractivity contribution is 6.06. The van der Waals surface area contributed by atoms with Crippen molar-refractivity contribution in [3.63, 3.8) is 0 Å². The molecular weight excluding hydrogens is 486 g/mol. The van der Waals surface area contributed by atoms with E-state index in [2.05, 4.69) is 43.2 Å². The van der Waals surface area contributed by atoms with Crippen LogP contribution in [-0.4, -0.2) is 32.5 Å². The molecule has 202 valence electrons. The van der Waals surface area contributed by atoms with Crippen molar-refractivity contribution < 1.29 is 6.22 Å². The van der Waals surface area contributed by atoms with Crippen molar-refractivity contribution in [1.29, 1.82) is 5.41 Å². The van der Waals surface area contributed by atoms with Gasteiger partial charge in [0.2, 0.25) is 0 Å². The summed E-state index contributed by atoms with van der Waals surface area (Å²) in [6.07, 6.45) is 16.2. The lowest BCUT2D eigenvalue weighted by atomic mass is 10.0. The van der Waals surface area contributed by atoms with Crippen LogP contribution in [0.15, 0.2) is 89.8 Å². The summed E-state index contributed by atoms with van der Waals surface area (Å²) in [5.74, 6) is 1.53. The smallest absolute Gasteiger partial charge is 0.256 e. The quantitative estimate of drug-likeness (QED) is 0.268. The van der Waals surface area contributed by atoms with Crippen molar-refractivity contribution in [1.82, 2.24) is 14.5 Å². The Balaban J connectivity index is 0.000000262. The first-order valence-corrected chi connectivity index (χ1v) is 13.4. The van der Waals surface area contributed by atoms with Gasteiger partial charge in [0.25, 0.3) is 5.91 Å². The summed E-state index contributed by atoms with van der Waals surface area (Å²) in [4.78, 5) is 25.8. The number of pyridine rings is 1. The zero-order valence-electron chi connectivity index (χ0n) is 22.4. The third-order valence-electron chi connectivity index (χ3n) is 7.48. The van der Waals surface area contributed by atoms with Gasteiger partial charge in [-0.1, -0.05) is 48.6 Å². The Morgan fingerprint density at radius 3 is 2.79 bits per heavy atom. The number of anilines is 1. The van der Waals surface area contributed by atoms with Gasteiger partial charge < -0.3 is 21.0 Å². The van der Waals surface area contributed by atoms with Crippen molar-refractivity contribution in [2.24, 2.45) is 22.6 Å². The van der Waals surface area contributed by atoms with E-state index in [0.717, 1.165) is 24.5 Å². The van der Waals surface area contributed by atoms with Gasteiger partial charge in [-0.3, -0.25) is 9.79 Å². The average molecular weight is 524 g/mol. The lowest BCUT2D eigenvalue weighted by Gasteiger charge is -2.18. The first-order valence-electron chi connectivity index (χ1n) is 13.4. The summed E-state index contributed by atoms with van der Waals surface area (Å²) < 4.78 is 2.18. The Morgan fingerprint density at radius 2 is 2.08 bits per heavy atom. The molecule has 2 aromatic heterocycles. The lowest BCUT2D eigenvalue weighted by Crippen LogP contribution is -2.22. The maximum absolute atomic E-state index is 12.8. The van der Waals surface area contributed by atoms with Crippen molar-refractivity contribution in [3.8, 4) is 0 Å². The van der Waals surface area contributed by atoms with E-state index in [9.17, 15) is 4.79 Å². The van der Waals surface area contributed by atoms with E-state index < -0.39 is 0 Å². The minimum absolute atomic E-state index is 0. The van der Waals surface area contributed by atoms with Crippen LogP contribution < -0.4 is 11.1 Å². The highest BCUT2D eigenvalue weighted by Crippen LogP contribution is 2.55. The molecule has 8 heteroatoms. The number of hydrogen-bond acceptors (Lipinski definition) is 5. The molecule has 3 unspecified atom stereocenters. The molecule has 2 fully saturated rings. The molecule has 6 rings (SSSR count). The van der Waals surface area contributed by atoms with Crippen LogP contribution in [0.4, 0.5) is 5.82 Å². The summed E-state index contributed by atoms with van der Waals surface area (Å²) in [5.41, 5.74) is 8.94. The summed E-state index contributed by atoms with van der Waals surface area (Å²) in [6, 6.07) is 15.5. The van der Waals surface area contributed by atoms with Crippen LogP contribution in [0.1, 0.15) is 57.5 Å². The maximum Gasteiger partial charge on any atom is 0.256 e. The number of hydrogen-bond donors (Lipinski definition) is 3. The van der Waals surface area contributed by atoms with E-state index >= 15 is 0 Å². The zero-order chi connectivity index (χ0) is 27.4. The minimum atomic E-state index is -0.174. The Morgan fingerprint density at radius 1 is 1.28 bits per heavy atom. The molecule has 8 nitrogen and oxygen atoms in total. The van der Waals surface area contributed by atoms with Crippen LogP contribution in [0.5, 0.6) is 0 Å². The monoisotopic (exact) mass is 523 g/mol. The van der Waals surface area contributed by atoms with E-state index in [-0.39, 0.29) is 18.9 Å². The van der Waals surface area contributed by atoms with Gasteiger partial charge in [0, 0.05) is 19.1 Å². The first-order chi connectivity index (χ1) is 18.9. The number of nitrogens with zero attached hydrogens (tertiary/aromatic N) is 4. The fourth-order valence-corrected chi connectivity index (χ4v) is 4.91. The van der Waals surface area contributed by atoms with Crippen molar-refractivity contribution in [2.45, 2.75) is 51.1 Å². The molecule has 1 amide bonds. The Labute approximate surface area is 230 Å². The predicted molar refractivity (Wildman–Crippen MR) is 157 cm³/mol. The summed E-state index contributed by atoms with van der Waals surface area (Å²) in [7, 11) is 0. The second kappa shape index (κ2) is 11.2. The third-order valence-corrected chi connectivity index (χ3v) is 7.48. The van der Waals surface area contributed by atoms with Crippen molar-refractivity contribution in [2.75, 3.05) is 5.32 Å². The van der Waals surface area contributed by atoms with Crippen LogP contribution in [0.2, 0.25) is 0 Å². The van der Waals surface area contributed by atoms with Gasteiger partial charge in [-0.15, -0.1) is 0 Å². The molecule has 0 aliphatic heterocycles. The number of imidazole rings is 1. The number of allylic oxidation sites excluding steroid dienone is 2. The third kappa shape index (κ3) is 6.22. The normalized spacial score (nSPS) is 21.8. The van der Waals surface area contributed by atoms with Crippen molar-refractivity contribution in [3.05, 3.63) is 102 Å². The lowest BCUT2D eigenvalue weighted by molar-refractivity contribution is -0.112. The molecule has 2 saturated carbocycles. The van der Waals surface area contributed by atoms with Crippen LogP contribution in [0.25, 0.3) is 0 Å². The molecule has 3 aromatic rings. The number of fused-ring (bicyclic) bond motifs is 1. The average Bonchev–Trinajstić information content (AvgIpc) is 3.86. The molecule has 4 N–H and O–H groups in total. The molecule has 39 heavy (non-hydrogen) atoms. The number of carbonyl (C=O) groups is 1. The predicted octanol–water partition coefficient (Wildman–Crippen LogP) is 5.45. The maximum atomic E-state index is 12.8. The number of aromatic nitrogens is 3. The molecule has 0 bridgehead atoms. The molecule has 2 heterocycles. The number of benzene rings is 1. The highest BCUT2D eigenvalue weighted by atomic mass is 16.1. The molecule has 0 spiro atoms. The highest BCUT2D eigenvalue weighted by Gasteiger charge is 2.54. The van der Waals surface area contributed by atoms with Crippen molar-refractivity contribution >= 4 is 23.8 Å². The SMILES string of the molecule is CC(=N)c1cccc(NC(=O)C2=CC3(n4cnc(CC5CC5)c4)CC3C=C2)n1.CC(N=CN)c1ccccc1.[HH]. The van der Waals surface area contributed by atoms with E-state index in [0.29, 0.717) is 28.7 Å². The van der Waals surface area contributed by atoms with Gasteiger partial charge >= 0.3 is 0 Å². The first kappa shape index (κ1) is 26.3. The van der Waals surface area contributed by atoms with Gasteiger partial charge in [-0.05, 0) is 69.2 Å². The molecular formula is C31H37N7O. The molecule has 3 aliphatic carbocycles. The number of aliphatic imine (C=N–C) groups is 1. The summed E-state index contributed by atoms with van der Waals surface area (Å²) >= 11 is 0. The Bertz CT molecular complexity index is 1440. The fraction of sp³-hybridized carbons (Fsp3) is 0.323. The van der Waals surface area contributed by atoms with Gasteiger partial charge in [0.05, 0.1) is 41.3 Å².